The molecule has 176 valence electrons. The predicted molar refractivity (Wildman–Crippen MR) is 129 cm³/mol. The summed E-state index contributed by atoms with van der Waals surface area (Å²) in [5.41, 5.74) is 1.33. The molecule has 4 rings (SSSR count). The highest BCUT2D eigenvalue weighted by Gasteiger charge is 2.45. The molecule has 34 heavy (non-hydrogen) atoms. The minimum atomic E-state index is -0.675. The average Bonchev–Trinajstić information content (AvgIpc) is 3.47. The van der Waals surface area contributed by atoms with Crippen LogP contribution in [0.3, 0.4) is 0 Å². The number of aliphatic hydroxyl groups is 1. The second-order valence-corrected chi connectivity index (χ2v) is 8.29. The third kappa shape index (κ3) is 5.03. The predicted octanol–water partition coefficient (Wildman–Crippen LogP) is 4.57. The zero-order chi connectivity index (χ0) is 23.9. The van der Waals surface area contributed by atoms with Gasteiger partial charge in [-0.25, -0.2) is 4.98 Å². The first kappa shape index (κ1) is 23.3. The van der Waals surface area contributed by atoms with Crippen molar-refractivity contribution in [3.63, 3.8) is 0 Å². The molecule has 1 unspecified atom stereocenters. The van der Waals surface area contributed by atoms with Crippen molar-refractivity contribution in [3.8, 4) is 5.75 Å². The molecule has 7 nitrogen and oxygen atoms in total. The van der Waals surface area contributed by atoms with E-state index in [1.54, 1.807) is 35.6 Å². The van der Waals surface area contributed by atoms with Gasteiger partial charge in [-0.15, -0.1) is 0 Å². The number of carbonyl (C=O) groups excluding carboxylic acids is 2. The maximum absolute atomic E-state index is 13.1. The summed E-state index contributed by atoms with van der Waals surface area (Å²) in [5.74, 6) is -0.851. The van der Waals surface area contributed by atoms with E-state index in [0.717, 1.165) is 18.4 Å². The van der Waals surface area contributed by atoms with Crippen molar-refractivity contribution >= 4 is 17.4 Å². The van der Waals surface area contributed by atoms with Gasteiger partial charge >= 0.3 is 0 Å². The summed E-state index contributed by atoms with van der Waals surface area (Å²) in [6, 6.07) is 15.7. The molecule has 2 aromatic carbocycles. The summed E-state index contributed by atoms with van der Waals surface area (Å²) in [7, 11) is 0. The largest absolute Gasteiger partial charge is 0.507 e. The quantitative estimate of drug-likeness (QED) is 0.208. The molecule has 3 aromatic rings. The minimum Gasteiger partial charge on any atom is -0.507 e. The van der Waals surface area contributed by atoms with Gasteiger partial charge in [-0.1, -0.05) is 55.8 Å². The Kier molecular flexibility index (Phi) is 7.42. The second kappa shape index (κ2) is 10.8. The molecule has 0 bridgehead atoms. The van der Waals surface area contributed by atoms with Gasteiger partial charge in [-0.2, -0.15) is 0 Å². The monoisotopic (exact) mass is 459 g/mol. The fourth-order valence-electron chi connectivity index (χ4n) is 4.16. The van der Waals surface area contributed by atoms with Crippen molar-refractivity contribution in [2.45, 2.75) is 38.8 Å². The van der Waals surface area contributed by atoms with Gasteiger partial charge in [0, 0.05) is 31.0 Å². The molecule has 0 saturated carbocycles. The number of ketones is 1. The molecule has 1 atom stereocenters. The van der Waals surface area contributed by atoms with Crippen LogP contribution in [0.25, 0.3) is 5.76 Å². The Labute approximate surface area is 199 Å². The first-order chi connectivity index (χ1) is 16.6. The van der Waals surface area contributed by atoms with Crippen molar-refractivity contribution in [2.24, 2.45) is 0 Å². The molecule has 1 aliphatic heterocycles. The first-order valence-electron chi connectivity index (χ1n) is 11.6. The Balaban J connectivity index is 1.66. The normalized spacial score (nSPS) is 17.3. The minimum absolute atomic E-state index is 0.101. The molecular formula is C27H29N3O4. The van der Waals surface area contributed by atoms with Crippen LogP contribution in [0.4, 0.5) is 0 Å². The van der Waals surface area contributed by atoms with Gasteiger partial charge in [0.2, 0.25) is 0 Å². The maximum atomic E-state index is 13.1. The van der Waals surface area contributed by atoms with Crippen LogP contribution in [0.2, 0.25) is 0 Å². The zero-order valence-corrected chi connectivity index (χ0v) is 19.3. The number of hydrogen-bond donors (Lipinski definition) is 1. The highest BCUT2D eigenvalue weighted by molar-refractivity contribution is 6.46. The Morgan fingerprint density at radius 3 is 2.62 bits per heavy atom. The molecule has 2 heterocycles. The Hall–Kier alpha value is -3.87. The highest BCUT2D eigenvalue weighted by Crippen LogP contribution is 2.39. The van der Waals surface area contributed by atoms with Crippen molar-refractivity contribution in [1.82, 2.24) is 14.5 Å². The number of rotatable bonds is 10. The smallest absolute Gasteiger partial charge is 0.295 e. The van der Waals surface area contributed by atoms with Crippen molar-refractivity contribution < 1.29 is 19.4 Å². The lowest BCUT2D eigenvalue weighted by Crippen LogP contribution is -2.31. The van der Waals surface area contributed by atoms with Crippen LogP contribution in [0.15, 0.2) is 78.9 Å². The molecule has 0 aliphatic carbocycles. The van der Waals surface area contributed by atoms with Gasteiger partial charge < -0.3 is 19.3 Å². The zero-order valence-electron chi connectivity index (χ0n) is 19.3. The molecule has 0 spiro atoms. The first-order valence-corrected chi connectivity index (χ1v) is 11.6. The lowest BCUT2D eigenvalue weighted by Gasteiger charge is -2.25. The molecule has 1 saturated heterocycles. The van der Waals surface area contributed by atoms with E-state index in [9.17, 15) is 14.7 Å². The average molecular weight is 460 g/mol. The number of Topliss-reactive ketones (excluding diaryl/α,β-unsaturated/α-hetero) is 1. The Morgan fingerprint density at radius 1 is 1.06 bits per heavy atom. The summed E-state index contributed by atoms with van der Waals surface area (Å²) in [4.78, 5) is 31.8. The second-order valence-electron chi connectivity index (χ2n) is 8.29. The number of hydrogen-bond acceptors (Lipinski definition) is 5. The summed E-state index contributed by atoms with van der Waals surface area (Å²) in [6.07, 6.45) is 7.87. The summed E-state index contributed by atoms with van der Waals surface area (Å²) in [5, 5.41) is 11.2. The fourth-order valence-corrected chi connectivity index (χ4v) is 4.16. The number of nitrogens with zero attached hydrogens (tertiary/aromatic N) is 3. The van der Waals surface area contributed by atoms with Crippen LogP contribution in [-0.4, -0.2) is 44.4 Å². The van der Waals surface area contributed by atoms with Crippen molar-refractivity contribution in [1.29, 1.82) is 0 Å². The van der Waals surface area contributed by atoms with Crippen molar-refractivity contribution in [2.75, 3.05) is 13.2 Å². The maximum Gasteiger partial charge on any atom is 0.295 e. The molecule has 1 aromatic heterocycles. The van der Waals surface area contributed by atoms with E-state index < -0.39 is 17.7 Å². The molecular weight excluding hydrogens is 430 g/mol. The van der Waals surface area contributed by atoms with Gasteiger partial charge in [0.05, 0.1) is 24.5 Å². The van der Waals surface area contributed by atoms with Gasteiger partial charge in [0.1, 0.15) is 11.5 Å². The van der Waals surface area contributed by atoms with E-state index in [-0.39, 0.29) is 11.3 Å². The number of likely N-dealkylation sites (tertiary alicyclic amines) is 1. The Bertz CT molecular complexity index is 1160. The van der Waals surface area contributed by atoms with Crippen LogP contribution in [0.1, 0.15) is 43.4 Å². The summed E-state index contributed by atoms with van der Waals surface area (Å²) >= 11 is 0. The molecule has 0 radical (unpaired) electrons. The SMILES string of the molecule is CCCCOc1cccc(/C(O)=C2\C(=O)C(=O)N(CCCn3ccnc3)C2c2ccccc2)c1. The van der Waals surface area contributed by atoms with Crippen LogP contribution >= 0.6 is 0 Å². The van der Waals surface area contributed by atoms with E-state index in [4.69, 9.17) is 4.74 Å². The molecule has 1 N–H and O–H groups in total. The van der Waals surface area contributed by atoms with Gasteiger partial charge in [0.15, 0.2) is 0 Å². The Morgan fingerprint density at radius 2 is 1.88 bits per heavy atom. The molecule has 1 aliphatic rings. The van der Waals surface area contributed by atoms with Crippen LogP contribution in [0.5, 0.6) is 5.75 Å². The summed E-state index contributed by atoms with van der Waals surface area (Å²) < 4.78 is 7.69. The lowest BCUT2D eigenvalue weighted by atomic mass is 9.95. The number of ether oxygens (including phenoxy) is 1. The number of aromatic nitrogens is 2. The van der Waals surface area contributed by atoms with Gasteiger partial charge in [0.25, 0.3) is 11.7 Å². The van der Waals surface area contributed by atoms with Crippen LogP contribution < -0.4 is 4.74 Å². The van der Waals surface area contributed by atoms with E-state index in [1.807, 2.05) is 47.2 Å². The molecule has 1 amide bonds. The number of carbonyl (C=O) groups is 2. The van der Waals surface area contributed by atoms with Crippen LogP contribution in [0, 0.1) is 0 Å². The van der Waals surface area contributed by atoms with E-state index >= 15 is 0 Å². The third-order valence-corrected chi connectivity index (χ3v) is 5.90. The van der Waals surface area contributed by atoms with Gasteiger partial charge in [-0.05, 0) is 30.5 Å². The van der Waals surface area contributed by atoms with Crippen LogP contribution in [-0.2, 0) is 16.1 Å². The van der Waals surface area contributed by atoms with Crippen molar-refractivity contribution in [3.05, 3.63) is 90.0 Å². The number of amides is 1. The number of aliphatic hydroxyl groups excluding tert-OH is 1. The number of aryl methyl sites for hydroxylation is 1. The number of imidazole rings is 1. The summed E-state index contributed by atoms with van der Waals surface area (Å²) in [6.45, 7) is 3.70. The highest BCUT2D eigenvalue weighted by atomic mass is 16.5. The molecule has 1 fully saturated rings. The lowest BCUT2D eigenvalue weighted by molar-refractivity contribution is -0.139. The molecule has 7 heteroatoms. The van der Waals surface area contributed by atoms with E-state index in [1.165, 1.54) is 0 Å². The van der Waals surface area contributed by atoms with E-state index in [2.05, 4.69) is 11.9 Å². The fraction of sp³-hybridized carbons (Fsp3) is 0.296. The standard InChI is InChI=1S/C27H29N3O4/c1-2-3-17-34-22-12-7-11-21(18-22)25(31)23-24(20-9-5-4-6-10-20)30(27(33)26(23)32)15-8-14-29-16-13-28-19-29/h4-7,9-13,16,18-19,24,31H,2-3,8,14-15,17H2,1H3/b25-23+. The number of benzene rings is 2. The topological polar surface area (TPSA) is 84.7 Å². The third-order valence-electron chi connectivity index (χ3n) is 5.90. The van der Waals surface area contributed by atoms with E-state index in [0.29, 0.717) is 37.4 Å². The number of unbranched alkanes of at least 4 members (excludes halogenated alkanes) is 1. The van der Waals surface area contributed by atoms with Gasteiger partial charge in [-0.3, -0.25) is 9.59 Å².